The van der Waals surface area contributed by atoms with E-state index in [-0.39, 0.29) is 6.54 Å². The Balaban J connectivity index is 1.62. The van der Waals surface area contributed by atoms with Crippen LogP contribution in [0.15, 0.2) is 18.3 Å². The van der Waals surface area contributed by atoms with Gasteiger partial charge in [-0.25, -0.2) is 4.98 Å². The number of likely N-dealkylation sites (tertiary alicyclic amines) is 1. The van der Waals surface area contributed by atoms with Crippen molar-refractivity contribution in [1.29, 1.82) is 5.26 Å². The molecule has 2 aliphatic rings. The van der Waals surface area contributed by atoms with Crippen molar-refractivity contribution in [3.05, 3.63) is 23.9 Å². The molecule has 0 saturated carbocycles. The highest BCUT2D eigenvalue weighted by molar-refractivity contribution is 5.82. The molecule has 140 valence electrons. The third-order valence-electron chi connectivity index (χ3n) is 4.83. The van der Waals surface area contributed by atoms with Gasteiger partial charge in [0.1, 0.15) is 18.4 Å². The highest BCUT2D eigenvalue weighted by Crippen LogP contribution is 2.25. The summed E-state index contributed by atoms with van der Waals surface area (Å²) in [6, 6.07) is 5.03. The lowest BCUT2D eigenvalue weighted by Gasteiger charge is -2.43. The van der Waals surface area contributed by atoms with Crippen LogP contribution in [0.3, 0.4) is 0 Å². The Morgan fingerprint density at radius 2 is 1.96 bits per heavy atom. The van der Waals surface area contributed by atoms with Crippen molar-refractivity contribution in [2.45, 2.75) is 25.1 Å². The number of alkyl halides is 3. The predicted octanol–water partition coefficient (Wildman–Crippen LogP) is 1.63. The number of piperazine rings is 1. The third-order valence-corrected chi connectivity index (χ3v) is 4.83. The van der Waals surface area contributed by atoms with Crippen molar-refractivity contribution in [3.63, 3.8) is 0 Å². The van der Waals surface area contributed by atoms with Gasteiger partial charge in [-0.15, -0.1) is 0 Å². The van der Waals surface area contributed by atoms with E-state index in [1.807, 2.05) is 9.80 Å². The summed E-state index contributed by atoms with van der Waals surface area (Å²) < 4.78 is 37.9. The zero-order chi connectivity index (χ0) is 18.7. The molecule has 2 fully saturated rings. The molecule has 6 nitrogen and oxygen atoms in total. The molecule has 0 aliphatic carbocycles. The van der Waals surface area contributed by atoms with Gasteiger partial charge < -0.3 is 9.80 Å². The van der Waals surface area contributed by atoms with Crippen LogP contribution in [0.25, 0.3) is 0 Å². The van der Waals surface area contributed by atoms with E-state index < -0.39 is 24.7 Å². The van der Waals surface area contributed by atoms with Crippen LogP contribution in [0.5, 0.6) is 0 Å². The second-order valence-corrected chi connectivity index (χ2v) is 6.54. The molecule has 0 spiro atoms. The largest absolute Gasteiger partial charge is 0.406 e. The van der Waals surface area contributed by atoms with Gasteiger partial charge in [-0.3, -0.25) is 9.69 Å². The normalized spacial score (nSPS) is 22.4. The number of carbonyl (C=O) groups is 1. The fraction of sp³-hybridized carbons (Fsp3) is 0.588. The number of amides is 1. The average molecular weight is 367 g/mol. The summed E-state index contributed by atoms with van der Waals surface area (Å²) in [6.07, 6.45) is -1.59. The van der Waals surface area contributed by atoms with Crippen LogP contribution in [0.2, 0.25) is 0 Å². The lowest BCUT2D eigenvalue weighted by atomic mass is 10.0. The summed E-state index contributed by atoms with van der Waals surface area (Å²) in [5, 5.41) is 9.19. The molecule has 3 heterocycles. The smallest absolute Gasteiger partial charge is 0.353 e. The number of hydrogen-bond donors (Lipinski definition) is 0. The van der Waals surface area contributed by atoms with E-state index in [0.717, 1.165) is 4.90 Å². The molecule has 0 N–H and O–H groups in total. The maximum atomic E-state index is 12.6. The van der Waals surface area contributed by atoms with Gasteiger partial charge in [0.15, 0.2) is 0 Å². The van der Waals surface area contributed by atoms with Gasteiger partial charge in [0.05, 0.1) is 11.6 Å². The van der Waals surface area contributed by atoms with Crippen LogP contribution in [-0.4, -0.2) is 72.2 Å². The molecule has 3 rings (SSSR count). The number of hydrogen-bond acceptors (Lipinski definition) is 5. The lowest BCUT2D eigenvalue weighted by Crippen LogP contribution is -2.58. The minimum absolute atomic E-state index is 0.161. The Labute approximate surface area is 149 Å². The molecule has 9 heteroatoms. The summed E-state index contributed by atoms with van der Waals surface area (Å²) in [4.78, 5) is 21.6. The fourth-order valence-electron chi connectivity index (χ4n) is 3.61. The van der Waals surface area contributed by atoms with Crippen LogP contribution >= 0.6 is 0 Å². The van der Waals surface area contributed by atoms with Gasteiger partial charge in [0.25, 0.3) is 0 Å². The number of nitriles is 1. The van der Waals surface area contributed by atoms with E-state index in [0.29, 0.717) is 50.4 Å². The molecule has 2 aliphatic heterocycles. The number of halogens is 3. The van der Waals surface area contributed by atoms with Gasteiger partial charge in [-0.2, -0.15) is 18.4 Å². The first-order valence-corrected chi connectivity index (χ1v) is 8.59. The van der Waals surface area contributed by atoms with E-state index in [1.165, 1.54) is 0 Å². The minimum atomic E-state index is -4.37. The zero-order valence-electron chi connectivity index (χ0n) is 14.2. The SMILES string of the molecule is N#Cc1cccnc1N1CCN([C@@H]2CCCN(CC(F)(F)F)C2=O)CC1. The number of nitrogens with zero attached hydrogens (tertiary/aromatic N) is 5. The molecule has 0 radical (unpaired) electrons. The van der Waals surface area contributed by atoms with Crippen molar-refractivity contribution < 1.29 is 18.0 Å². The molecule has 1 aromatic heterocycles. The molecule has 1 amide bonds. The first-order valence-electron chi connectivity index (χ1n) is 8.59. The second kappa shape index (κ2) is 7.50. The van der Waals surface area contributed by atoms with Crippen molar-refractivity contribution in [3.8, 4) is 6.07 Å². The van der Waals surface area contributed by atoms with E-state index in [2.05, 4.69) is 11.1 Å². The first kappa shape index (κ1) is 18.5. The number of pyridine rings is 1. The molecule has 1 atom stereocenters. The first-order chi connectivity index (χ1) is 12.4. The topological polar surface area (TPSA) is 63.5 Å². The summed E-state index contributed by atoms with van der Waals surface area (Å²) in [6.45, 7) is 1.24. The van der Waals surface area contributed by atoms with Crippen LogP contribution in [0.4, 0.5) is 19.0 Å². The fourth-order valence-corrected chi connectivity index (χ4v) is 3.61. The Morgan fingerprint density at radius 1 is 1.23 bits per heavy atom. The van der Waals surface area contributed by atoms with E-state index in [9.17, 15) is 23.2 Å². The Kier molecular flexibility index (Phi) is 5.32. The maximum Gasteiger partial charge on any atom is 0.406 e. The van der Waals surface area contributed by atoms with Gasteiger partial charge in [-0.1, -0.05) is 0 Å². The predicted molar refractivity (Wildman–Crippen MR) is 88.4 cm³/mol. The number of carbonyl (C=O) groups excluding carboxylic acids is 1. The summed E-state index contributed by atoms with van der Waals surface area (Å²) in [7, 11) is 0. The molecular formula is C17H20F3N5O. The number of anilines is 1. The Bertz CT molecular complexity index is 694. The summed E-state index contributed by atoms with van der Waals surface area (Å²) in [5.41, 5.74) is 0.492. The molecule has 1 aromatic rings. The molecular weight excluding hydrogens is 347 g/mol. The van der Waals surface area contributed by atoms with Crippen LogP contribution in [-0.2, 0) is 4.79 Å². The van der Waals surface area contributed by atoms with Crippen molar-refractivity contribution in [2.24, 2.45) is 0 Å². The lowest BCUT2D eigenvalue weighted by molar-refractivity contribution is -0.167. The molecule has 26 heavy (non-hydrogen) atoms. The Morgan fingerprint density at radius 3 is 2.62 bits per heavy atom. The van der Waals surface area contributed by atoms with Crippen molar-refractivity contribution in [2.75, 3.05) is 44.2 Å². The van der Waals surface area contributed by atoms with Crippen molar-refractivity contribution >= 4 is 11.7 Å². The molecule has 0 bridgehead atoms. The summed E-state index contributed by atoms with van der Waals surface area (Å²) >= 11 is 0. The van der Waals surface area contributed by atoms with Crippen molar-refractivity contribution in [1.82, 2.24) is 14.8 Å². The summed E-state index contributed by atoms with van der Waals surface area (Å²) in [5.74, 6) is 0.181. The highest BCUT2D eigenvalue weighted by atomic mass is 19.4. The van der Waals surface area contributed by atoms with Crippen LogP contribution < -0.4 is 4.90 Å². The second-order valence-electron chi connectivity index (χ2n) is 6.54. The zero-order valence-corrected chi connectivity index (χ0v) is 14.2. The minimum Gasteiger partial charge on any atom is -0.353 e. The molecule has 0 aromatic carbocycles. The van der Waals surface area contributed by atoms with Crippen LogP contribution in [0.1, 0.15) is 18.4 Å². The monoisotopic (exact) mass is 367 g/mol. The number of piperidine rings is 1. The van der Waals surface area contributed by atoms with Gasteiger partial charge >= 0.3 is 6.18 Å². The van der Waals surface area contributed by atoms with E-state index in [4.69, 9.17) is 0 Å². The van der Waals surface area contributed by atoms with Gasteiger partial charge in [-0.05, 0) is 25.0 Å². The average Bonchev–Trinajstić information content (AvgIpc) is 2.62. The third kappa shape index (κ3) is 4.07. The van der Waals surface area contributed by atoms with Crippen LogP contribution in [0, 0.1) is 11.3 Å². The van der Waals surface area contributed by atoms with E-state index in [1.54, 1.807) is 18.3 Å². The number of rotatable bonds is 3. The maximum absolute atomic E-state index is 12.6. The van der Waals surface area contributed by atoms with E-state index >= 15 is 0 Å². The highest BCUT2D eigenvalue weighted by Gasteiger charge is 2.40. The van der Waals surface area contributed by atoms with Gasteiger partial charge in [0, 0.05) is 38.9 Å². The standard InChI is InChI=1S/C17H20F3N5O/c18-17(19,20)12-25-6-2-4-14(16(25)26)23-7-9-24(10-8-23)15-13(11-21)3-1-5-22-15/h1,3,5,14H,2,4,6-10,12H2/t14-/m1/s1. The molecule has 0 unspecified atom stereocenters. The van der Waals surface area contributed by atoms with Gasteiger partial charge in [0.2, 0.25) is 5.91 Å². The Hall–Kier alpha value is -2.34. The molecule has 2 saturated heterocycles. The quantitative estimate of drug-likeness (QED) is 0.813. The number of aromatic nitrogens is 1.